The lowest BCUT2D eigenvalue weighted by Crippen LogP contribution is -2.39. The topological polar surface area (TPSA) is 151 Å². The van der Waals surface area contributed by atoms with E-state index < -0.39 is 23.3 Å². The number of rotatable bonds is 17. The van der Waals surface area contributed by atoms with Gasteiger partial charge in [0.15, 0.2) is 5.92 Å². The Kier molecular flexibility index (Phi) is 13.7. The lowest BCUT2D eigenvalue weighted by molar-refractivity contribution is -0.154. The molecule has 0 fully saturated rings. The Hall–Kier alpha value is -2.20. The summed E-state index contributed by atoms with van der Waals surface area (Å²) in [4.78, 5) is 45.9. The SMILES string of the molecule is COCCOCCNC(=O)CC(C)(C)CNC(=O)CC(C)CCC(C(=O)O)C(=O)O. The summed E-state index contributed by atoms with van der Waals surface area (Å²) in [5.41, 5.74) is -0.447. The van der Waals surface area contributed by atoms with Crippen LogP contribution in [0.15, 0.2) is 0 Å². The fourth-order valence-corrected chi connectivity index (χ4v) is 2.70. The average Bonchev–Trinajstić information content (AvgIpc) is 2.62. The van der Waals surface area contributed by atoms with Gasteiger partial charge in [0.25, 0.3) is 0 Å². The van der Waals surface area contributed by atoms with Crippen LogP contribution in [0.3, 0.4) is 0 Å². The van der Waals surface area contributed by atoms with Crippen LogP contribution in [-0.4, -0.2) is 74.0 Å². The monoisotopic (exact) mass is 432 g/mol. The zero-order valence-electron chi connectivity index (χ0n) is 18.4. The fourth-order valence-electron chi connectivity index (χ4n) is 2.70. The molecule has 0 aromatic rings. The largest absolute Gasteiger partial charge is 0.481 e. The Bertz CT molecular complexity index is 551. The minimum atomic E-state index is -1.46. The van der Waals surface area contributed by atoms with Gasteiger partial charge >= 0.3 is 11.9 Å². The molecule has 0 saturated carbocycles. The van der Waals surface area contributed by atoms with Gasteiger partial charge < -0.3 is 30.3 Å². The number of amides is 2. The molecule has 0 radical (unpaired) electrons. The van der Waals surface area contributed by atoms with Crippen molar-refractivity contribution < 1.29 is 38.9 Å². The summed E-state index contributed by atoms with van der Waals surface area (Å²) in [6.45, 7) is 7.59. The van der Waals surface area contributed by atoms with Gasteiger partial charge in [-0.25, -0.2) is 0 Å². The van der Waals surface area contributed by atoms with E-state index in [0.717, 1.165) is 0 Å². The van der Waals surface area contributed by atoms with E-state index in [1.807, 2.05) is 13.8 Å². The highest BCUT2D eigenvalue weighted by Gasteiger charge is 2.27. The third kappa shape index (κ3) is 13.9. The molecule has 0 bridgehead atoms. The van der Waals surface area contributed by atoms with Crippen molar-refractivity contribution >= 4 is 23.8 Å². The molecule has 0 aromatic heterocycles. The van der Waals surface area contributed by atoms with Crippen molar-refractivity contribution in [3.63, 3.8) is 0 Å². The molecule has 0 aliphatic rings. The summed E-state index contributed by atoms with van der Waals surface area (Å²) in [7, 11) is 1.58. The van der Waals surface area contributed by atoms with E-state index in [0.29, 0.717) is 39.3 Å². The molecular formula is C20H36N2O8. The first kappa shape index (κ1) is 27.8. The van der Waals surface area contributed by atoms with Crippen molar-refractivity contribution in [1.29, 1.82) is 0 Å². The van der Waals surface area contributed by atoms with Crippen molar-refractivity contribution in [2.45, 2.75) is 46.5 Å². The highest BCUT2D eigenvalue weighted by molar-refractivity contribution is 5.92. The molecule has 10 nitrogen and oxygen atoms in total. The van der Waals surface area contributed by atoms with Gasteiger partial charge in [0.05, 0.1) is 19.8 Å². The standard InChI is InChI=1S/C20H36N2O8/c1-14(5-6-15(18(25)26)19(27)28)11-16(23)22-13-20(2,3)12-17(24)21-7-8-30-10-9-29-4/h14-15H,5-13H2,1-4H3,(H,21,24)(H,22,23)(H,25,26)(H,27,28). The van der Waals surface area contributed by atoms with Gasteiger partial charge in [-0.15, -0.1) is 0 Å². The first-order valence-electron chi connectivity index (χ1n) is 10.0. The Balaban J connectivity index is 4.15. The maximum Gasteiger partial charge on any atom is 0.317 e. The molecule has 30 heavy (non-hydrogen) atoms. The highest BCUT2D eigenvalue weighted by Crippen LogP contribution is 2.20. The highest BCUT2D eigenvalue weighted by atomic mass is 16.5. The first-order valence-corrected chi connectivity index (χ1v) is 10.0. The van der Waals surface area contributed by atoms with Gasteiger partial charge in [-0.2, -0.15) is 0 Å². The summed E-state index contributed by atoms with van der Waals surface area (Å²) in [6, 6.07) is 0. The average molecular weight is 433 g/mol. The second-order valence-corrected chi connectivity index (χ2v) is 8.19. The van der Waals surface area contributed by atoms with Crippen LogP contribution in [0.5, 0.6) is 0 Å². The molecule has 0 aliphatic heterocycles. The smallest absolute Gasteiger partial charge is 0.317 e. The molecule has 0 spiro atoms. The molecule has 0 saturated heterocycles. The molecular weight excluding hydrogens is 396 g/mol. The van der Waals surface area contributed by atoms with Crippen molar-refractivity contribution in [3.05, 3.63) is 0 Å². The Morgan fingerprint density at radius 2 is 1.57 bits per heavy atom. The van der Waals surface area contributed by atoms with E-state index in [9.17, 15) is 19.2 Å². The molecule has 174 valence electrons. The second-order valence-electron chi connectivity index (χ2n) is 8.19. The molecule has 1 unspecified atom stereocenters. The van der Waals surface area contributed by atoms with E-state index in [-0.39, 0.29) is 37.0 Å². The van der Waals surface area contributed by atoms with Crippen LogP contribution < -0.4 is 10.6 Å². The van der Waals surface area contributed by atoms with Crippen LogP contribution >= 0.6 is 0 Å². The van der Waals surface area contributed by atoms with Crippen LogP contribution in [-0.2, 0) is 28.7 Å². The third-order valence-electron chi connectivity index (χ3n) is 4.48. The fraction of sp³-hybridized carbons (Fsp3) is 0.800. The molecule has 0 rings (SSSR count). The molecule has 1 atom stereocenters. The number of hydrogen-bond acceptors (Lipinski definition) is 6. The minimum Gasteiger partial charge on any atom is -0.481 e. The zero-order chi connectivity index (χ0) is 23.2. The second kappa shape index (κ2) is 14.7. The van der Waals surface area contributed by atoms with E-state index in [1.165, 1.54) is 0 Å². The number of carboxylic acid groups (broad SMARTS) is 2. The zero-order valence-corrected chi connectivity index (χ0v) is 18.4. The number of carbonyl (C=O) groups is 4. The molecule has 4 N–H and O–H groups in total. The maximum atomic E-state index is 12.1. The normalized spacial score (nSPS) is 12.4. The van der Waals surface area contributed by atoms with Crippen molar-refractivity contribution in [2.75, 3.05) is 40.0 Å². The summed E-state index contributed by atoms with van der Waals surface area (Å²) >= 11 is 0. The summed E-state index contributed by atoms with van der Waals surface area (Å²) in [5, 5.41) is 23.3. The van der Waals surface area contributed by atoms with Gasteiger partial charge in [-0.05, 0) is 24.2 Å². The van der Waals surface area contributed by atoms with Gasteiger partial charge in [0, 0.05) is 33.0 Å². The van der Waals surface area contributed by atoms with E-state index >= 15 is 0 Å². The van der Waals surface area contributed by atoms with Crippen LogP contribution in [0.4, 0.5) is 0 Å². The quantitative estimate of drug-likeness (QED) is 0.195. The van der Waals surface area contributed by atoms with E-state index in [2.05, 4.69) is 10.6 Å². The third-order valence-corrected chi connectivity index (χ3v) is 4.48. The molecule has 0 aliphatic carbocycles. The number of methoxy groups -OCH3 is 1. The van der Waals surface area contributed by atoms with Gasteiger partial charge in [-0.1, -0.05) is 20.8 Å². The number of ether oxygens (including phenoxy) is 2. The predicted molar refractivity (Wildman–Crippen MR) is 109 cm³/mol. The minimum absolute atomic E-state index is 0.0278. The Morgan fingerprint density at radius 3 is 2.13 bits per heavy atom. The molecule has 2 amide bonds. The van der Waals surface area contributed by atoms with Crippen molar-refractivity contribution in [3.8, 4) is 0 Å². The van der Waals surface area contributed by atoms with E-state index in [1.54, 1.807) is 14.0 Å². The number of nitrogens with one attached hydrogen (secondary N) is 2. The number of carboxylic acids is 2. The number of hydrogen-bond donors (Lipinski definition) is 4. The number of carbonyl (C=O) groups excluding carboxylic acids is 2. The first-order chi connectivity index (χ1) is 14.0. The predicted octanol–water partition coefficient (Wildman–Crippen LogP) is 0.890. The summed E-state index contributed by atoms with van der Waals surface area (Å²) in [5.74, 6) is -4.72. The van der Waals surface area contributed by atoms with Crippen molar-refractivity contribution in [2.24, 2.45) is 17.3 Å². The Morgan fingerprint density at radius 1 is 0.933 bits per heavy atom. The van der Waals surface area contributed by atoms with Gasteiger partial charge in [0.2, 0.25) is 11.8 Å². The van der Waals surface area contributed by atoms with Crippen LogP contribution in [0.25, 0.3) is 0 Å². The van der Waals surface area contributed by atoms with Gasteiger partial charge in [0.1, 0.15) is 0 Å². The Labute approximate surface area is 177 Å². The molecule has 0 aromatic carbocycles. The van der Waals surface area contributed by atoms with Crippen molar-refractivity contribution in [1.82, 2.24) is 10.6 Å². The van der Waals surface area contributed by atoms with Crippen LogP contribution in [0, 0.1) is 17.3 Å². The van der Waals surface area contributed by atoms with Gasteiger partial charge in [-0.3, -0.25) is 19.2 Å². The molecule has 10 heteroatoms. The number of aliphatic carboxylic acids is 2. The lowest BCUT2D eigenvalue weighted by atomic mass is 9.88. The molecule has 0 heterocycles. The summed E-state index contributed by atoms with van der Waals surface area (Å²) < 4.78 is 10.1. The maximum absolute atomic E-state index is 12.1. The van der Waals surface area contributed by atoms with Crippen LogP contribution in [0.1, 0.15) is 46.5 Å². The summed E-state index contributed by atoms with van der Waals surface area (Å²) in [6.07, 6.45) is 0.682. The lowest BCUT2D eigenvalue weighted by Gasteiger charge is -2.25. The van der Waals surface area contributed by atoms with Crippen LogP contribution in [0.2, 0.25) is 0 Å². The van der Waals surface area contributed by atoms with E-state index in [4.69, 9.17) is 19.7 Å².